The van der Waals surface area contributed by atoms with E-state index in [2.05, 4.69) is 139 Å². The minimum atomic E-state index is -0.117. The van der Waals surface area contributed by atoms with Crippen molar-refractivity contribution in [2.45, 2.75) is 57.8 Å². The lowest BCUT2D eigenvalue weighted by molar-refractivity contribution is 0.643. The summed E-state index contributed by atoms with van der Waals surface area (Å²) in [6.07, 6.45) is 0. The van der Waals surface area contributed by atoms with Crippen LogP contribution >= 0.6 is 0 Å². The predicted octanol–water partition coefficient (Wildman–Crippen LogP) is 11.5. The second-order valence-electron chi connectivity index (χ2n) is 14.9. The fraction of sp³-hybridized carbons (Fsp3) is 0.209. The van der Waals surface area contributed by atoms with Crippen LogP contribution in [-0.4, -0.2) is 0 Å². The van der Waals surface area contributed by atoms with Crippen molar-refractivity contribution in [2.24, 2.45) is 0 Å². The van der Waals surface area contributed by atoms with E-state index in [9.17, 15) is 0 Å². The lowest BCUT2D eigenvalue weighted by atomic mass is 9.62. The fourth-order valence-electron chi connectivity index (χ4n) is 9.71. The largest absolute Gasteiger partial charge is 0.0619 e. The van der Waals surface area contributed by atoms with Gasteiger partial charge in [0.25, 0.3) is 0 Å². The topological polar surface area (TPSA) is 0 Å². The van der Waals surface area contributed by atoms with Crippen molar-refractivity contribution < 1.29 is 0 Å². The van der Waals surface area contributed by atoms with Crippen LogP contribution in [0.3, 0.4) is 0 Å². The van der Waals surface area contributed by atoms with Crippen molar-refractivity contribution in [3.8, 4) is 33.4 Å². The Morgan fingerprint density at radius 3 is 1.37 bits per heavy atom. The van der Waals surface area contributed by atoms with E-state index < -0.39 is 0 Å². The maximum atomic E-state index is 2.61. The maximum Gasteiger partial charge on any atom is 0.0165 e. The molecule has 7 aromatic carbocycles. The molecular weight excluding hydrogens is 516 g/mol. The van der Waals surface area contributed by atoms with Gasteiger partial charge in [0.1, 0.15) is 0 Å². The SMILES string of the molecule is CC1(C)c2ccccc2-c2cc3cc4c5c(cc6c7c(cc(c21)c3c57)C(C)(C)c1ccccc1-6)-c1ccccc1C4(C)C. The molecule has 7 aromatic rings. The van der Waals surface area contributed by atoms with E-state index in [1.165, 1.54) is 99.1 Å². The van der Waals surface area contributed by atoms with Crippen LogP contribution in [0.15, 0.2) is 97.1 Å². The Morgan fingerprint density at radius 2 is 0.814 bits per heavy atom. The maximum absolute atomic E-state index is 2.61. The summed E-state index contributed by atoms with van der Waals surface area (Å²) >= 11 is 0. The van der Waals surface area contributed by atoms with Crippen molar-refractivity contribution in [3.05, 3.63) is 130 Å². The highest BCUT2D eigenvalue weighted by molar-refractivity contribution is 6.32. The third-order valence-corrected chi connectivity index (χ3v) is 11.7. The van der Waals surface area contributed by atoms with Crippen LogP contribution in [-0.2, 0) is 16.2 Å². The minimum absolute atomic E-state index is 0.0743. The second-order valence-corrected chi connectivity index (χ2v) is 14.9. The molecular formula is C43H34. The molecule has 3 aliphatic rings. The van der Waals surface area contributed by atoms with Gasteiger partial charge in [-0.25, -0.2) is 0 Å². The lowest BCUT2D eigenvalue weighted by Crippen LogP contribution is -2.26. The molecule has 10 rings (SSSR count). The zero-order chi connectivity index (χ0) is 29.2. The smallest absolute Gasteiger partial charge is 0.0165 e. The van der Waals surface area contributed by atoms with Gasteiger partial charge in [0, 0.05) is 16.2 Å². The molecule has 0 unspecified atom stereocenters. The summed E-state index contributed by atoms with van der Waals surface area (Å²) in [5.74, 6) is 0. The molecule has 0 atom stereocenters. The standard InChI is InChI=1S/C43H34/c1-41(2)31-16-10-7-13-24(31)27-21-28-25-14-8-11-17-32(25)42(3,4)35-22-30-36-23(20-34(41)37(27)39(36)38(28)35)19-29-26-15-9-12-18-33(26)43(5,6)40(29)30/h7-22H,1-6H3. The Morgan fingerprint density at radius 1 is 0.349 bits per heavy atom. The van der Waals surface area contributed by atoms with E-state index in [1.807, 2.05) is 0 Å². The van der Waals surface area contributed by atoms with Crippen LogP contribution in [0, 0.1) is 0 Å². The summed E-state index contributed by atoms with van der Waals surface area (Å²) in [6, 6.07) is 37.7. The first kappa shape index (κ1) is 24.1. The molecule has 206 valence electrons. The molecule has 0 radical (unpaired) electrons. The zero-order valence-electron chi connectivity index (χ0n) is 25.7. The molecule has 0 nitrogen and oxygen atoms in total. The molecule has 0 aromatic heterocycles. The van der Waals surface area contributed by atoms with E-state index in [0.717, 1.165) is 0 Å². The fourth-order valence-corrected chi connectivity index (χ4v) is 9.71. The molecule has 43 heavy (non-hydrogen) atoms. The third kappa shape index (κ3) is 2.55. The van der Waals surface area contributed by atoms with Gasteiger partial charge in [0.2, 0.25) is 0 Å². The summed E-state index contributed by atoms with van der Waals surface area (Å²) in [7, 11) is 0. The van der Waals surface area contributed by atoms with Crippen LogP contribution in [0.4, 0.5) is 0 Å². The van der Waals surface area contributed by atoms with E-state index in [-0.39, 0.29) is 16.2 Å². The van der Waals surface area contributed by atoms with Crippen molar-refractivity contribution in [1.82, 2.24) is 0 Å². The molecule has 0 N–H and O–H groups in total. The molecule has 0 amide bonds. The van der Waals surface area contributed by atoms with Crippen molar-refractivity contribution in [2.75, 3.05) is 0 Å². The molecule has 0 fully saturated rings. The van der Waals surface area contributed by atoms with Crippen LogP contribution < -0.4 is 0 Å². The minimum Gasteiger partial charge on any atom is -0.0619 e. The molecule has 0 bridgehead atoms. The Kier molecular flexibility index (Phi) is 4.03. The van der Waals surface area contributed by atoms with E-state index in [1.54, 1.807) is 0 Å². The zero-order valence-corrected chi connectivity index (χ0v) is 25.7. The van der Waals surface area contributed by atoms with Crippen LogP contribution in [0.5, 0.6) is 0 Å². The lowest BCUT2D eigenvalue weighted by Gasteiger charge is -2.40. The van der Waals surface area contributed by atoms with Gasteiger partial charge in [-0.2, -0.15) is 0 Å². The summed E-state index contributed by atoms with van der Waals surface area (Å²) in [5.41, 5.74) is 16.8. The van der Waals surface area contributed by atoms with Crippen molar-refractivity contribution in [1.29, 1.82) is 0 Å². The average Bonchev–Trinajstić information content (AvgIpc) is 3.24. The summed E-state index contributed by atoms with van der Waals surface area (Å²) in [6.45, 7) is 14.6. The summed E-state index contributed by atoms with van der Waals surface area (Å²) in [5, 5.41) is 8.67. The average molecular weight is 551 g/mol. The molecule has 0 saturated heterocycles. The highest BCUT2D eigenvalue weighted by Crippen LogP contribution is 2.61. The monoisotopic (exact) mass is 550 g/mol. The first-order valence-corrected chi connectivity index (χ1v) is 15.8. The van der Waals surface area contributed by atoms with Gasteiger partial charge in [-0.05, 0) is 123 Å². The van der Waals surface area contributed by atoms with Gasteiger partial charge in [-0.1, -0.05) is 114 Å². The molecule has 0 heteroatoms. The Bertz CT molecular complexity index is 2380. The Labute approximate surface area is 253 Å². The first-order chi connectivity index (χ1) is 20.6. The van der Waals surface area contributed by atoms with Crippen LogP contribution in [0.25, 0.3) is 65.7 Å². The van der Waals surface area contributed by atoms with Gasteiger partial charge >= 0.3 is 0 Å². The predicted molar refractivity (Wildman–Crippen MR) is 183 cm³/mol. The van der Waals surface area contributed by atoms with Crippen molar-refractivity contribution >= 4 is 32.3 Å². The van der Waals surface area contributed by atoms with Crippen LogP contribution in [0.1, 0.15) is 74.9 Å². The molecule has 0 aliphatic heterocycles. The summed E-state index contributed by atoms with van der Waals surface area (Å²) in [4.78, 5) is 0. The van der Waals surface area contributed by atoms with Crippen LogP contribution in [0.2, 0.25) is 0 Å². The van der Waals surface area contributed by atoms with E-state index >= 15 is 0 Å². The first-order valence-electron chi connectivity index (χ1n) is 15.8. The molecule has 3 aliphatic carbocycles. The quantitative estimate of drug-likeness (QED) is 0.165. The van der Waals surface area contributed by atoms with Gasteiger partial charge in [0.15, 0.2) is 0 Å². The van der Waals surface area contributed by atoms with E-state index in [0.29, 0.717) is 0 Å². The highest BCUT2D eigenvalue weighted by atomic mass is 14.5. The van der Waals surface area contributed by atoms with Gasteiger partial charge < -0.3 is 0 Å². The summed E-state index contributed by atoms with van der Waals surface area (Å²) < 4.78 is 0. The second kappa shape index (κ2) is 7.20. The number of hydrogen-bond acceptors (Lipinski definition) is 0. The number of hydrogen-bond donors (Lipinski definition) is 0. The molecule has 0 heterocycles. The normalized spacial score (nSPS) is 17.6. The number of fused-ring (bicyclic) bond motifs is 8. The van der Waals surface area contributed by atoms with E-state index in [4.69, 9.17) is 0 Å². The van der Waals surface area contributed by atoms with Gasteiger partial charge in [-0.3, -0.25) is 0 Å². The van der Waals surface area contributed by atoms with Crippen molar-refractivity contribution in [3.63, 3.8) is 0 Å². The molecule has 0 spiro atoms. The number of rotatable bonds is 0. The number of benzene rings is 7. The Hall–Kier alpha value is -4.42. The third-order valence-electron chi connectivity index (χ3n) is 11.7. The van der Waals surface area contributed by atoms with Gasteiger partial charge in [-0.15, -0.1) is 0 Å². The molecule has 0 saturated carbocycles. The Balaban J connectivity index is 1.54. The van der Waals surface area contributed by atoms with Gasteiger partial charge in [0.05, 0.1) is 0 Å². The highest BCUT2D eigenvalue weighted by Gasteiger charge is 2.42.